The van der Waals surface area contributed by atoms with Crippen molar-refractivity contribution >= 4 is 5.91 Å². The van der Waals surface area contributed by atoms with Crippen LogP contribution in [0.3, 0.4) is 0 Å². The van der Waals surface area contributed by atoms with E-state index in [-0.39, 0.29) is 29.8 Å². The highest BCUT2D eigenvalue weighted by atomic mass is 19.1. The lowest BCUT2D eigenvalue weighted by Crippen LogP contribution is -2.70. The number of aromatic hydroxyl groups is 1. The molecule has 0 bridgehead atoms. The lowest BCUT2D eigenvalue weighted by atomic mass is 9.79. The van der Waals surface area contributed by atoms with Gasteiger partial charge in [0.25, 0.3) is 5.91 Å². The first kappa shape index (κ1) is 18.1. The summed E-state index contributed by atoms with van der Waals surface area (Å²) in [6.07, 6.45) is 1.63. The van der Waals surface area contributed by atoms with Crippen molar-refractivity contribution < 1.29 is 19.0 Å². The molecule has 1 aromatic rings. The largest absolute Gasteiger partial charge is 0.505 e. The Balaban J connectivity index is 1.60. The third-order valence-electron chi connectivity index (χ3n) is 5.52. The molecular formula is C19H27FN2O3. The van der Waals surface area contributed by atoms with Gasteiger partial charge in [0.2, 0.25) is 0 Å². The predicted octanol–water partition coefficient (Wildman–Crippen LogP) is 2.38. The summed E-state index contributed by atoms with van der Waals surface area (Å²) in [5.74, 6) is -0.312. The van der Waals surface area contributed by atoms with Gasteiger partial charge < -0.3 is 14.7 Å². The van der Waals surface area contributed by atoms with Gasteiger partial charge in [0.05, 0.1) is 6.04 Å². The van der Waals surface area contributed by atoms with Crippen molar-refractivity contribution in [2.45, 2.75) is 51.4 Å². The van der Waals surface area contributed by atoms with Gasteiger partial charge in [0, 0.05) is 25.3 Å². The Hall–Kier alpha value is -1.66. The van der Waals surface area contributed by atoms with E-state index >= 15 is 0 Å². The smallest absolute Gasteiger partial charge is 0.254 e. The normalized spacial score (nSPS) is 25.5. The number of piperidine rings is 1. The number of benzene rings is 1. The number of likely N-dealkylation sites (tertiary alicyclic amines) is 2. The van der Waals surface area contributed by atoms with Crippen LogP contribution in [0.2, 0.25) is 0 Å². The molecule has 25 heavy (non-hydrogen) atoms. The minimum atomic E-state index is -0.573. The molecule has 2 saturated heterocycles. The zero-order valence-corrected chi connectivity index (χ0v) is 15.1. The number of amides is 1. The first-order valence-electron chi connectivity index (χ1n) is 8.97. The van der Waals surface area contributed by atoms with Crippen LogP contribution < -0.4 is 0 Å². The van der Waals surface area contributed by atoms with Crippen molar-refractivity contribution in [1.82, 2.24) is 9.80 Å². The number of carbonyl (C=O) groups excluding carboxylic acids is 1. The molecule has 1 N–H and O–H groups in total. The Morgan fingerprint density at radius 3 is 2.60 bits per heavy atom. The molecule has 1 aromatic carbocycles. The summed E-state index contributed by atoms with van der Waals surface area (Å²) in [4.78, 5) is 16.4. The third-order valence-corrected chi connectivity index (χ3v) is 5.52. The molecule has 2 aliphatic heterocycles. The van der Waals surface area contributed by atoms with Crippen LogP contribution in [0, 0.1) is 11.7 Å². The van der Waals surface area contributed by atoms with Crippen LogP contribution in [0.25, 0.3) is 0 Å². The number of para-hydroxylation sites is 1. The van der Waals surface area contributed by atoms with E-state index in [1.807, 2.05) is 18.7 Å². The van der Waals surface area contributed by atoms with Gasteiger partial charge in [-0.15, -0.1) is 0 Å². The number of halogens is 1. The molecule has 0 radical (unpaired) electrons. The molecule has 2 heterocycles. The van der Waals surface area contributed by atoms with Crippen LogP contribution in [-0.4, -0.2) is 59.2 Å². The van der Waals surface area contributed by atoms with Crippen LogP contribution in [-0.2, 0) is 16.1 Å². The van der Waals surface area contributed by atoms with Crippen molar-refractivity contribution in [2.24, 2.45) is 5.92 Å². The lowest BCUT2D eigenvalue weighted by molar-refractivity contribution is -0.181. The molecule has 5 nitrogen and oxygen atoms in total. The van der Waals surface area contributed by atoms with Crippen molar-refractivity contribution in [3.8, 4) is 5.75 Å². The summed E-state index contributed by atoms with van der Waals surface area (Å²) in [6.45, 7) is 6.36. The van der Waals surface area contributed by atoms with Crippen LogP contribution in [0.1, 0.15) is 32.3 Å². The average molecular weight is 350 g/mol. The molecule has 0 aliphatic carbocycles. The number of hydrogen-bond acceptors (Lipinski definition) is 4. The second-order valence-corrected chi connectivity index (χ2v) is 7.35. The summed E-state index contributed by atoms with van der Waals surface area (Å²) in [5, 5.41) is 9.84. The minimum absolute atomic E-state index is 0.0922. The maximum Gasteiger partial charge on any atom is 0.254 e. The Bertz CT molecular complexity index is 629. The molecule has 2 fully saturated rings. The standard InChI is InChI=1S/C19H27FN2O3/c1-12(2)22-16(18(25-3)19(22)24)13-7-9-21(10-8-13)11-14-5-4-6-15(20)17(14)23/h4-6,12-13,16,18,23H,7-11H2,1-3H3/t16-,18+/m0/s1. The number of nitrogens with zero attached hydrogens (tertiary/aromatic N) is 2. The van der Waals surface area contributed by atoms with E-state index in [0.717, 1.165) is 25.9 Å². The Kier molecular flexibility index (Phi) is 5.29. The van der Waals surface area contributed by atoms with Gasteiger partial charge in [-0.3, -0.25) is 9.69 Å². The molecule has 0 unspecified atom stereocenters. The molecule has 2 aliphatic rings. The van der Waals surface area contributed by atoms with E-state index in [1.54, 1.807) is 19.2 Å². The van der Waals surface area contributed by atoms with Gasteiger partial charge in [-0.05, 0) is 51.8 Å². The highest BCUT2D eigenvalue weighted by molar-refractivity contribution is 5.88. The Labute approximate surface area is 148 Å². The lowest BCUT2D eigenvalue weighted by Gasteiger charge is -2.53. The van der Waals surface area contributed by atoms with Crippen molar-refractivity contribution in [3.05, 3.63) is 29.6 Å². The topological polar surface area (TPSA) is 53.0 Å². The number of rotatable bonds is 5. The number of hydrogen-bond donors (Lipinski definition) is 1. The first-order chi connectivity index (χ1) is 11.9. The molecule has 0 saturated carbocycles. The Morgan fingerprint density at radius 2 is 2.00 bits per heavy atom. The molecule has 6 heteroatoms. The molecule has 1 amide bonds. The predicted molar refractivity (Wildman–Crippen MR) is 92.6 cm³/mol. The van der Waals surface area contributed by atoms with E-state index in [4.69, 9.17) is 4.74 Å². The number of methoxy groups -OCH3 is 1. The van der Waals surface area contributed by atoms with Crippen LogP contribution in [0.4, 0.5) is 4.39 Å². The highest BCUT2D eigenvalue weighted by Gasteiger charge is 2.52. The van der Waals surface area contributed by atoms with Crippen LogP contribution >= 0.6 is 0 Å². The van der Waals surface area contributed by atoms with Crippen molar-refractivity contribution in [2.75, 3.05) is 20.2 Å². The van der Waals surface area contributed by atoms with Gasteiger partial charge in [-0.2, -0.15) is 0 Å². The van der Waals surface area contributed by atoms with Crippen LogP contribution in [0.15, 0.2) is 18.2 Å². The number of phenols is 1. The zero-order valence-electron chi connectivity index (χ0n) is 15.1. The summed E-state index contributed by atoms with van der Waals surface area (Å²) >= 11 is 0. The SMILES string of the molecule is CO[C@H]1C(=O)N(C(C)C)[C@H]1C1CCN(Cc2cccc(F)c2O)CC1. The zero-order chi connectivity index (χ0) is 18.1. The molecule has 138 valence electrons. The Morgan fingerprint density at radius 1 is 1.32 bits per heavy atom. The van der Waals surface area contributed by atoms with E-state index in [1.165, 1.54) is 6.07 Å². The quantitative estimate of drug-likeness (QED) is 0.829. The summed E-state index contributed by atoms with van der Waals surface area (Å²) < 4.78 is 18.9. The third kappa shape index (κ3) is 3.37. The average Bonchev–Trinajstić information content (AvgIpc) is 2.58. The number of β-lactam (4-membered cyclic amide) rings is 1. The molecule has 3 rings (SSSR count). The number of phenolic OH excluding ortho intramolecular Hbond substituents is 1. The number of carbonyl (C=O) groups is 1. The van der Waals surface area contributed by atoms with Crippen molar-refractivity contribution in [3.63, 3.8) is 0 Å². The van der Waals surface area contributed by atoms with E-state index in [2.05, 4.69) is 4.90 Å². The number of ether oxygens (including phenoxy) is 1. The minimum Gasteiger partial charge on any atom is -0.505 e. The van der Waals surface area contributed by atoms with E-state index in [9.17, 15) is 14.3 Å². The first-order valence-corrected chi connectivity index (χ1v) is 8.97. The summed E-state index contributed by atoms with van der Waals surface area (Å²) in [6, 6.07) is 5.00. The second-order valence-electron chi connectivity index (χ2n) is 7.35. The fourth-order valence-electron chi connectivity index (χ4n) is 4.20. The molecular weight excluding hydrogens is 323 g/mol. The monoisotopic (exact) mass is 350 g/mol. The molecule has 0 aromatic heterocycles. The highest BCUT2D eigenvalue weighted by Crippen LogP contribution is 2.36. The molecule has 2 atom stereocenters. The summed E-state index contributed by atoms with van der Waals surface area (Å²) in [5.41, 5.74) is 0.621. The fraction of sp³-hybridized carbons (Fsp3) is 0.632. The van der Waals surface area contributed by atoms with Crippen LogP contribution in [0.5, 0.6) is 5.75 Å². The van der Waals surface area contributed by atoms with E-state index < -0.39 is 5.82 Å². The van der Waals surface area contributed by atoms with E-state index in [0.29, 0.717) is 18.0 Å². The summed E-state index contributed by atoms with van der Waals surface area (Å²) in [7, 11) is 1.61. The maximum atomic E-state index is 13.5. The van der Waals surface area contributed by atoms with Gasteiger partial charge >= 0.3 is 0 Å². The second kappa shape index (κ2) is 7.30. The van der Waals surface area contributed by atoms with Gasteiger partial charge in [0.1, 0.15) is 0 Å². The van der Waals surface area contributed by atoms with Gasteiger partial charge in [-0.25, -0.2) is 4.39 Å². The molecule has 0 spiro atoms. The van der Waals surface area contributed by atoms with Crippen molar-refractivity contribution in [1.29, 1.82) is 0 Å². The fourth-order valence-corrected chi connectivity index (χ4v) is 4.20. The van der Waals surface area contributed by atoms with Gasteiger partial charge in [0.15, 0.2) is 17.7 Å². The van der Waals surface area contributed by atoms with Gasteiger partial charge in [-0.1, -0.05) is 12.1 Å². The maximum absolute atomic E-state index is 13.5.